The second-order valence-corrected chi connectivity index (χ2v) is 4.46. The summed E-state index contributed by atoms with van der Waals surface area (Å²) >= 11 is 5.74. The van der Waals surface area contributed by atoms with Gasteiger partial charge >= 0.3 is 0 Å². The molecule has 1 unspecified atom stereocenters. The summed E-state index contributed by atoms with van der Waals surface area (Å²) in [4.78, 5) is 8.01. The van der Waals surface area contributed by atoms with Gasteiger partial charge in [0.15, 0.2) is 0 Å². The third-order valence-electron chi connectivity index (χ3n) is 2.48. The molecule has 0 amide bonds. The van der Waals surface area contributed by atoms with Gasteiger partial charge in [-0.05, 0) is 25.0 Å². The Labute approximate surface area is 110 Å². The summed E-state index contributed by atoms with van der Waals surface area (Å²) in [5, 5.41) is 3.47. The van der Waals surface area contributed by atoms with Crippen LogP contribution < -0.4 is 5.32 Å². The third kappa shape index (κ3) is 3.40. The molecule has 1 atom stereocenters. The second-order valence-electron chi connectivity index (χ2n) is 4.07. The first kappa shape index (κ1) is 12.8. The predicted molar refractivity (Wildman–Crippen MR) is 70.2 cm³/mol. The molecule has 0 saturated heterocycles. The van der Waals surface area contributed by atoms with E-state index in [0.29, 0.717) is 23.0 Å². The van der Waals surface area contributed by atoms with Crippen molar-refractivity contribution in [3.8, 4) is 0 Å². The molecular formula is C13H13ClFN3. The molecule has 0 bridgehead atoms. The Hall–Kier alpha value is -1.68. The molecule has 0 fully saturated rings. The molecule has 0 aliphatic carbocycles. The molecule has 5 heteroatoms. The zero-order valence-corrected chi connectivity index (χ0v) is 10.7. The van der Waals surface area contributed by atoms with Crippen LogP contribution in [0.15, 0.2) is 36.7 Å². The molecule has 0 aliphatic rings. The van der Waals surface area contributed by atoms with E-state index < -0.39 is 0 Å². The van der Waals surface area contributed by atoms with Crippen LogP contribution in [0.25, 0.3) is 0 Å². The summed E-state index contributed by atoms with van der Waals surface area (Å²) < 4.78 is 13.5. The minimum Gasteiger partial charge on any atom is -0.366 e. The molecular weight excluding hydrogens is 253 g/mol. The Morgan fingerprint density at radius 2 is 2.11 bits per heavy atom. The Morgan fingerprint density at radius 3 is 2.83 bits per heavy atom. The molecule has 0 spiro atoms. The summed E-state index contributed by atoms with van der Waals surface area (Å²) in [6.45, 7) is 1.95. The van der Waals surface area contributed by atoms with Crippen LogP contribution in [0.5, 0.6) is 0 Å². The number of hydrogen-bond donors (Lipinski definition) is 1. The summed E-state index contributed by atoms with van der Waals surface area (Å²) in [6.07, 6.45) is 3.62. The molecule has 0 radical (unpaired) electrons. The van der Waals surface area contributed by atoms with E-state index in [1.807, 2.05) is 13.0 Å². The van der Waals surface area contributed by atoms with E-state index in [-0.39, 0.29) is 11.9 Å². The standard InChI is InChI=1S/C13H13ClFN3/c1-9(6-10-4-2-3-5-11(10)15)17-13-8-16-7-12(14)18-13/h2-5,7-9H,6H2,1H3,(H,17,18). The first-order chi connectivity index (χ1) is 8.65. The topological polar surface area (TPSA) is 37.8 Å². The lowest BCUT2D eigenvalue weighted by molar-refractivity contribution is 0.601. The minimum absolute atomic E-state index is 0.0367. The first-order valence-electron chi connectivity index (χ1n) is 5.62. The zero-order valence-electron chi connectivity index (χ0n) is 9.90. The Bertz CT molecular complexity index is 533. The molecule has 1 N–H and O–H groups in total. The van der Waals surface area contributed by atoms with Crippen molar-refractivity contribution in [3.05, 3.63) is 53.2 Å². The van der Waals surface area contributed by atoms with Crippen molar-refractivity contribution in [2.45, 2.75) is 19.4 Å². The maximum Gasteiger partial charge on any atom is 0.149 e. The van der Waals surface area contributed by atoms with Crippen LogP contribution in [0.3, 0.4) is 0 Å². The van der Waals surface area contributed by atoms with Gasteiger partial charge in [-0.1, -0.05) is 29.8 Å². The number of aromatic nitrogens is 2. The fourth-order valence-electron chi connectivity index (χ4n) is 1.71. The van der Waals surface area contributed by atoms with E-state index in [0.717, 1.165) is 0 Å². The largest absolute Gasteiger partial charge is 0.366 e. The Morgan fingerprint density at radius 1 is 1.33 bits per heavy atom. The van der Waals surface area contributed by atoms with Crippen LogP contribution >= 0.6 is 11.6 Å². The van der Waals surface area contributed by atoms with Gasteiger partial charge in [-0.3, -0.25) is 4.98 Å². The molecule has 0 aliphatic heterocycles. The monoisotopic (exact) mass is 265 g/mol. The van der Waals surface area contributed by atoms with Gasteiger partial charge in [0.1, 0.15) is 16.8 Å². The molecule has 2 aromatic rings. The molecule has 3 nitrogen and oxygen atoms in total. The van der Waals surface area contributed by atoms with Crippen LogP contribution in [0.1, 0.15) is 12.5 Å². The second kappa shape index (κ2) is 5.78. The molecule has 0 saturated carbocycles. The molecule has 18 heavy (non-hydrogen) atoms. The minimum atomic E-state index is -0.191. The van der Waals surface area contributed by atoms with Gasteiger partial charge in [-0.25, -0.2) is 9.37 Å². The number of benzene rings is 1. The van der Waals surface area contributed by atoms with Crippen molar-refractivity contribution in [2.24, 2.45) is 0 Å². The van der Waals surface area contributed by atoms with Gasteiger partial charge in [0.25, 0.3) is 0 Å². The lowest BCUT2D eigenvalue weighted by Crippen LogP contribution is -2.19. The van der Waals surface area contributed by atoms with Crippen molar-refractivity contribution >= 4 is 17.4 Å². The third-order valence-corrected chi connectivity index (χ3v) is 2.67. The van der Waals surface area contributed by atoms with E-state index in [2.05, 4.69) is 15.3 Å². The summed E-state index contributed by atoms with van der Waals surface area (Å²) in [5.74, 6) is 0.398. The van der Waals surface area contributed by atoms with E-state index in [1.165, 1.54) is 12.3 Å². The van der Waals surface area contributed by atoms with Crippen LogP contribution in [-0.4, -0.2) is 16.0 Å². The van der Waals surface area contributed by atoms with Crippen molar-refractivity contribution < 1.29 is 4.39 Å². The maximum absolute atomic E-state index is 13.5. The fraction of sp³-hybridized carbons (Fsp3) is 0.231. The van der Waals surface area contributed by atoms with Crippen LogP contribution in [0, 0.1) is 5.82 Å². The zero-order chi connectivity index (χ0) is 13.0. The number of hydrogen-bond acceptors (Lipinski definition) is 3. The molecule has 1 aromatic heterocycles. The quantitative estimate of drug-likeness (QED) is 0.922. The number of anilines is 1. The predicted octanol–water partition coefficient (Wildman–Crippen LogP) is 3.31. The molecule has 1 heterocycles. The Kier molecular flexibility index (Phi) is 4.10. The lowest BCUT2D eigenvalue weighted by Gasteiger charge is -2.14. The highest BCUT2D eigenvalue weighted by Crippen LogP contribution is 2.13. The lowest BCUT2D eigenvalue weighted by atomic mass is 10.1. The van der Waals surface area contributed by atoms with Gasteiger partial charge in [0.05, 0.1) is 12.4 Å². The van der Waals surface area contributed by atoms with Crippen molar-refractivity contribution in [1.29, 1.82) is 0 Å². The smallest absolute Gasteiger partial charge is 0.149 e. The van der Waals surface area contributed by atoms with Gasteiger partial charge in [0, 0.05) is 6.04 Å². The number of rotatable bonds is 4. The van der Waals surface area contributed by atoms with Gasteiger partial charge in [-0.2, -0.15) is 0 Å². The highest BCUT2D eigenvalue weighted by atomic mass is 35.5. The van der Waals surface area contributed by atoms with E-state index in [9.17, 15) is 4.39 Å². The Balaban J connectivity index is 2.01. The number of halogens is 2. The average molecular weight is 266 g/mol. The average Bonchev–Trinajstić information content (AvgIpc) is 2.32. The number of nitrogens with zero attached hydrogens (tertiary/aromatic N) is 2. The maximum atomic E-state index is 13.5. The van der Waals surface area contributed by atoms with Gasteiger partial charge in [0.2, 0.25) is 0 Å². The first-order valence-corrected chi connectivity index (χ1v) is 6.00. The SMILES string of the molecule is CC(Cc1ccccc1F)Nc1cncc(Cl)n1. The fourth-order valence-corrected chi connectivity index (χ4v) is 1.86. The highest BCUT2D eigenvalue weighted by molar-refractivity contribution is 6.29. The highest BCUT2D eigenvalue weighted by Gasteiger charge is 2.08. The van der Waals surface area contributed by atoms with E-state index in [4.69, 9.17) is 11.6 Å². The van der Waals surface area contributed by atoms with Crippen molar-refractivity contribution in [2.75, 3.05) is 5.32 Å². The molecule has 1 aromatic carbocycles. The van der Waals surface area contributed by atoms with Gasteiger partial charge in [-0.15, -0.1) is 0 Å². The molecule has 94 valence electrons. The summed E-state index contributed by atoms with van der Waals surface area (Å²) in [5.41, 5.74) is 0.674. The van der Waals surface area contributed by atoms with E-state index in [1.54, 1.807) is 18.3 Å². The normalized spacial score (nSPS) is 12.2. The van der Waals surface area contributed by atoms with Crippen molar-refractivity contribution in [1.82, 2.24) is 9.97 Å². The van der Waals surface area contributed by atoms with Crippen LogP contribution in [0.2, 0.25) is 5.15 Å². The molecule has 2 rings (SSSR count). The summed E-state index contributed by atoms with van der Waals surface area (Å²) in [6, 6.07) is 6.77. The van der Waals surface area contributed by atoms with Crippen LogP contribution in [-0.2, 0) is 6.42 Å². The van der Waals surface area contributed by atoms with Gasteiger partial charge < -0.3 is 5.32 Å². The van der Waals surface area contributed by atoms with Crippen LogP contribution in [0.4, 0.5) is 10.2 Å². The van der Waals surface area contributed by atoms with E-state index >= 15 is 0 Å². The summed E-state index contributed by atoms with van der Waals surface area (Å²) in [7, 11) is 0. The number of nitrogens with one attached hydrogen (secondary N) is 1. The van der Waals surface area contributed by atoms with Crippen molar-refractivity contribution in [3.63, 3.8) is 0 Å².